The van der Waals surface area contributed by atoms with Gasteiger partial charge in [-0.3, -0.25) is 9.59 Å². The van der Waals surface area contributed by atoms with Gasteiger partial charge in [-0.1, -0.05) is 48.5 Å². The summed E-state index contributed by atoms with van der Waals surface area (Å²) in [7, 11) is 2.45. The number of nitrogens with zero attached hydrogens (tertiary/aromatic N) is 4. The summed E-state index contributed by atoms with van der Waals surface area (Å²) in [6.07, 6.45) is 3.14. The molecule has 0 saturated heterocycles. The van der Waals surface area contributed by atoms with E-state index < -0.39 is 17.9 Å². The lowest BCUT2D eigenvalue weighted by atomic mass is 9.97. The second-order valence-corrected chi connectivity index (χ2v) is 6.94. The average molecular weight is 431 g/mol. The van der Waals surface area contributed by atoms with Gasteiger partial charge >= 0.3 is 11.9 Å². The number of anilines is 2. The Bertz CT molecular complexity index is 1240. The Labute approximate surface area is 184 Å². The van der Waals surface area contributed by atoms with Crippen LogP contribution in [0.3, 0.4) is 0 Å². The monoisotopic (exact) mass is 431 g/mol. The van der Waals surface area contributed by atoms with Crippen molar-refractivity contribution >= 4 is 34.6 Å². The molecule has 2 aromatic carbocycles. The van der Waals surface area contributed by atoms with Crippen LogP contribution in [0.1, 0.15) is 17.0 Å². The normalized spacial score (nSPS) is 10.8. The van der Waals surface area contributed by atoms with Crippen molar-refractivity contribution in [2.75, 3.05) is 19.5 Å². The van der Waals surface area contributed by atoms with E-state index in [1.807, 2.05) is 34.9 Å². The van der Waals surface area contributed by atoms with Gasteiger partial charge in [-0.15, -0.1) is 0 Å². The predicted octanol–water partition coefficient (Wildman–Crippen LogP) is 3.05. The Morgan fingerprint density at radius 1 is 0.938 bits per heavy atom. The molecule has 0 radical (unpaired) electrons. The largest absolute Gasteiger partial charge is 0.468 e. The van der Waals surface area contributed by atoms with E-state index in [2.05, 4.69) is 20.3 Å². The van der Waals surface area contributed by atoms with E-state index in [1.165, 1.54) is 20.5 Å². The third-order valence-electron chi connectivity index (χ3n) is 5.00. The topological polar surface area (TPSA) is 108 Å². The maximum atomic E-state index is 12.3. The van der Waals surface area contributed by atoms with Gasteiger partial charge in [0.1, 0.15) is 6.33 Å². The van der Waals surface area contributed by atoms with E-state index in [-0.39, 0.29) is 0 Å². The molecule has 2 heterocycles. The molecule has 0 aliphatic heterocycles. The molecule has 0 atom stereocenters. The number of para-hydroxylation sites is 1. The Balaban J connectivity index is 1.70. The fraction of sp³-hybridized carbons (Fsp3) is 0.174. The molecule has 0 spiro atoms. The molecule has 2 aromatic heterocycles. The first-order valence-corrected chi connectivity index (χ1v) is 9.83. The summed E-state index contributed by atoms with van der Waals surface area (Å²) in [5.74, 6) is -2.22. The van der Waals surface area contributed by atoms with Crippen LogP contribution in [0.5, 0.6) is 0 Å². The maximum absolute atomic E-state index is 12.3. The van der Waals surface area contributed by atoms with Crippen molar-refractivity contribution in [3.8, 4) is 0 Å². The Morgan fingerprint density at radius 3 is 2.34 bits per heavy atom. The van der Waals surface area contributed by atoms with Crippen molar-refractivity contribution in [1.82, 2.24) is 19.5 Å². The van der Waals surface area contributed by atoms with Crippen molar-refractivity contribution in [3.63, 3.8) is 0 Å². The molecule has 0 aliphatic carbocycles. The van der Waals surface area contributed by atoms with Crippen molar-refractivity contribution in [3.05, 3.63) is 78.4 Å². The summed E-state index contributed by atoms with van der Waals surface area (Å²) < 4.78 is 11.6. The molecule has 0 saturated carbocycles. The molecule has 0 fully saturated rings. The summed E-state index contributed by atoms with van der Waals surface area (Å²) in [4.78, 5) is 37.8. The van der Waals surface area contributed by atoms with Gasteiger partial charge in [0.25, 0.3) is 0 Å². The maximum Gasteiger partial charge on any atom is 0.324 e. The summed E-state index contributed by atoms with van der Waals surface area (Å²) in [6.45, 7) is 0.608. The smallest absolute Gasteiger partial charge is 0.324 e. The van der Waals surface area contributed by atoms with Crippen LogP contribution >= 0.6 is 0 Å². The van der Waals surface area contributed by atoms with E-state index in [9.17, 15) is 9.59 Å². The van der Waals surface area contributed by atoms with Crippen molar-refractivity contribution in [2.45, 2.75) is 12.5 Å². The van der Waals surface area contributed by atoms with Gasteiger partial charge in [0, 0.05) is 11.3 Å². The van der Waals surface area contributed by atoms with Gasteiger partial charge in [-0.2, -0.15) is 0 Å². The molecule has 4 aromatic rings. The van der Waals surface area contributed by atoms with Gasteiger partial charge < -0.3 is 19.4 Å². The highest BCUT2D eigenvalue weighted by molar-refractivity contribution is 6.02. The fourth-order valence-corrected chi connectivity index (χ4v) is 3.44. The number of imidazole rings is 1. The van der Waals surface area contributed by atoms with E-state index >= 15 is 0 Å². The first-order chi connectivity index (χ1) is 15.6. The zero-order valence-corrected chi connectivity index (χ0v) is 17.6. The molecule has 0 aliphatic rings. The van der Waals surface area contributed by atoms with Crippen molar-refractivity contribution in [2.24, 2.45) is 0 Å². The van der Waals surface area contributed by atoms with Crippen LogP contribution in [0.4, 0.5) is 11.5 Å². The van der Waals surface area contributed by atoms with E-state index in [1.54, 1.807) is 30.6 Å². The van der Waals surface area contributed by atoms with Crippen molar-refractivity contribution in [1.29, 1.82) is 0 Å². The minimum absolute atomic E-state index is 0.404. The molecule has 9 nitrogen and oxygen atoms in total. The minimum Gasteiger partial charge on any atom is -0.468 e. The number of fused-ring (bicyclic) bond motifs is 1. The number of carbonyl (C=O) groups excluding carboxylic acids is 2. The Morgan fingerprint density at radius 2 is 1.62 bits per heavy atom. The van der Waals surface area contributed by atoms with E-state index in [0.29, 0.717) is 34.8 Å². The zero-order valence-electron chi connectivity index (χ0n) is 17.6. The number of esters is 2. The van der Waals surface area contributed by atoms with Crippen LogP contribution in [0.15, 0.2) is 67.3 Å². The van der Waals surface area contributed by atoms with Crippen LogP contribution in [-0.4, -0.2) is 45.7 Å². The molecular weight excluding hydrogens is 410 g/mol. The van der Waals surface area contributed by atoms with Crippen LogP contribution in [0.25, 0.3) is 11.2 Å². The minimum atomic E-state index is -1.23. The van der Waals surface area contributed by atoms with Gasteiger partial charge in [0.2, 0.25) is 0 Å². The van der Waals surface area contributed by atoms with Gasteiger partial charge in [0.15, 0.2) is 22.9 Å². The van der Waals surface area contributed by atoms with Crippen molar-refractivity contribution < 1.29 is 19.1 Å². The highest BCUT2D eigenvalue weighted by atomic mass is 16.5. The van der Waals surface area contributed by atoms with Crippen LogP contribution in [0, 0.1) is 0 Å². The molecule has 9 heteroatoms. The molecule has 32 heavy (non-hydrogen) atoms. The SMILES string of the molecule is COC(=O)C(C(=O)OC)c1ccccc1Nc1ncnc2c1ncn2Cc1ccccc1. The summed E-state index contributed by atoms with van der Waals surface area (Å²) in [6, 6.07) is 16.9. The number of hydrogen-bond donors (Lipinski definition) is 1. The lowest BCUT2D eigenvalue weighted by molar-refractivity contribution is -0.154. The Hall–Kier alpha value is -4.27. The van der Waals surface area contributed by atoms with Crippen LogP contribution in [0.2, 0.25) is 0 Å². The number of carbonyl (C=O) groups is 2. The third kappa shape index (κ3) is 4.13. The first kappa shape index (κ1) is 21.0. The standard InChI is InChI=1S/C23H21N5O4/c1-31-22(29)18(23(30)32-2)16-10-6-7-11-17(16)27-20-19-21(25-13-24-20)28(14-26-19)12-15-8-4-3-5-9-15/h3-11,13-14,18H,12H2,1-2H3,(H,24,25,27). The molecule has 0 amide bonds. The van der Waals surface area contributed by atoms with Gasteiger partial charge in [-0.25, -0.2) is 15.0 Å². The third-order valence-corrected chi connectivity index (χ3v) is 5.00. The number of nitrogens with one attached hydrogen (secondary N) is 1. The summed E-state index contributed by atoms with van der Waals surface area (Å²) in [5.41, 5.74) is 3.24. The van der Waals surface area contributed by atoms with Gasteiger partial charge in [0.05, 0.1) is 27.1 Å². The number of ether oxygens (including phenoxy) is 2. The highest BCUT2D eigenvalue weighted by Crippen LogP contribution is 2.30. The lowest BCUT2D eigenvalue weighted by Crippen LogP contribution is -2.25. The number of hydrogen-bond acceptors (Lipinski definition) is 8. The number of rotatable bonds is 7. The molecule has 0 unspecified atom stereocenters. The lowest BCUT2D eigenvalue weighted by Gasteiger charge is -2.17. The fourth-order valence-electron chi connectivity index (χ4n) is 3.44. The number of methoxy groups -OCH3 is 2. The van der Waals surface area contributed by atoms with E-state index in [0.717, 1.165) is 5.56 Å². The van der Waals surface area contributed by atoms with Crippen LogP contribution in [-0.2, 0) is 25.6 Å². The predicted molar refractivity (Wildman–Crippen MR) is 117 cm³/mol. The number of aromatic nitrogens is 4. The Kier molecular flexibility index (Phi) is 6.07. The molecule has 4 rings (SSSR count). The summed E-state index contributed by atoms with van der Waals surface area (Å²) >= 11 is 0. The average Bonchev–Trinajstić information content (AvgIpc) is 3.24. The van der Waals surface area contributed by atoms with Crippen LogP contribution < -0.4 is 5.32 Å². The molecule has 1 N–H and O–H groups in total. The van der Waals surface area contributed by atoms with Gasteiger partial charge in [-0.05, 0) is 11.6 Å². The second kappa shape index (κ2) is 9.25. The molecular formula is C23H21N5O4. The molecule has 162 valence electrons. The summed E-state index contributed by atoms with van der Waals surface area (Å²) in [5, 5.41) is 3.19. The quantitative estimate of drug-likeness (QED) is 0.351. The van der Waals surface area contributed by atoms with E-state index in [4.69, 9.17) is 9.47 Å². The highest BCUT2D eigenvalue weighted by Gasteiger charge is 2.32. The number of benzene rings is 2. The first-order valence-electron chi connectivity index (χ1n) is 9.83. The second-order valence-electron chi connectivity index (χ2n) is 6.94. The zero-order chi connectivity index (χ0) is 22.5. The molecule has 0 bridgehead atoms.